The van der Waals surface area contributed by atoms with E-state index < -0.39 is 34.3 Å². The second-order valence-corrected chi connectivity index (χ2v) is 13.3. The van der Waals surface area contributed by atoms with Gasteiger partial charge < -0.3 is 0 Å². The molecule has 0 saturated heterocycles. The van der Waals surface area contributed by atoms with Crippen molar-refractivity contribution in [3.8, 4) is 0 Å². The van der Waals surface area contributed by atoms with Crippen LogP contribution in [0.5, 0.6) is 0 Å². The van der Waals surface area contributed by atoms with E-state index in [2.05, 4.69) is 6.58 Å². The highest BCUT2D eigenvalue weighted by Crippen LogP contribution is 2.34. The molecular formula is C17H26O6S3. The van der Waals surface area contributed by atoms with Gasteiger partial charge in [0.25, 0.3) is 0 Å². The van der Waals surface area contributed by atoms with Crippen LogP contribution in [0.3, 0.4) is 0 Å². The Morgan fingerprint density at radius 1 is 0.846 bits per heavy atom. The van der Waals surface area contributed by atoms with Crippen LogP contribution in [0.2, 0.25) is 0 Å². The maximum atomic E-state index is 13.2. The fourth-order valence-corrected chi connectivity index (χ4v) is 6.62. The Morgan fingerprint density at radius 3 is 1.62 bits per heavy atom. The van der Waals surface area contributed by atoms with E-state index >= 15 is 0 Å². The van der Waals surface area contributed by atoms with E-state index in [-0.39, 0.29) is 40.7 Å². The molecule has 0 radical (unpaired) electrons. The maximum Gasteiger partial charge on any atom is 0.187 e. The predicted molar refractivity (Wildman–Crippen MR) is 104 cm³/mol. The summed E-state index contributed by atoms with van der Waals surface area (Å²) in [4.78, 5) is 0.0164. The van der Waals surface area contributed by atoms with Gasteiger partial charge in [-0.25, -0.2) is 25.3 Å². The molecule has 0 aromatic heterocycles. The summed E-state index contributed by atoms with van der Waals surface area (Å²) < 4.78 is 72.5. The second kappa shape index (κ2) is 8.67. The van der Waals surface area contributed by atoms with Crippen molar-refractivity contribution in [2.45, 2.75) is 36.3 Å². The SMILES string of the molecule is C=CC(CCS(=O)(=O)CC)(CCS(=O)(=O)CC)S(=O)(=O)c1ccccc1. The van der Waals surface area contributed by atoms with Gasteiger partial charge in [-0.3, -0.25) is 0 Å². The number of rotatable bonds is 11. The van der Waals surface area contributed by atoms with Crippen molar-refractivity contribution in [2.75, 3.05) is 23.0 Å². The molecule has 0 heterocycles. The molecule has 148 valence electrons. The molecule has 0 amide bonds. The molecule has 1 rings (SSSR count). The summed E-state index contributed by atoms with van der Waals surface area (Å²) in [5.74, 6) is -0.931. The number of hydrogen-bond acceptors (Lipinski definition) is 6. The van der Waals surface area contributed by atoms with Crippen LogP contribution in [0.1, 0.15) is 26.7 Å². The Bertz CT molecular complexity index is 876. The van der Waals surface area contributed by atoms with Crippen LogP contribution in [0.15, 0.2) is 47.9 Å². The summed E-state index contributed by atoms with van der Waals surface area (Å²) in [6.45, 7) is 6.58. The first-order valence-electron chi connectivity index (χ1n) is 8.29. The van der Waals surface area contributed by atoms with E-state index in [1.54, 1.807) is 18.2 Å². The molecule has 0 N–H and O–H groups in total. The minimum absolute atomic E-state index is 0.0164. The first-order valence-corrected chi connectivity index (χ1v) is 13.4. The standard InChI is InChI=1S/C17H26O6S3/c1-4-17(12-14-24(18,19)5-2,13-15-25(20,21)6-3)26(22,23)16-10-8-7-9-11-16/h4,7-11H,1,5-6,12-15H2,2-3H3. The lowest BCUT2D eigenvalue weighted by molar-refractivity contribution is 0.528. The highest BCUT2D eigenvalue weighted by atomic mass is 32.2. The van der Waals surface area contributed by atoms with Gasteiger partial charge >= 0.3 is 0 Å². The minimum atomic E-state index is -4.02. The lowest BCUT2D eigenvalue weighted by Crippen LogP contribution is -2.40. The van der Waals surface area contributed by atoms with Crippen LogP contribution in [-0.4, -0.2) is 53.0 Å². The van der Waals surface area contributed by atoms with E-state index in [1.807, 2.05) is 0 Å². The number of sulfone groups is 3. The van der Waals surface area contributed by atoms with E-state index in [9.17, 15) is 25.3 Å². The predicted octanol–water partition coefficient (Wildman–Crippen LogP) is 2.03. The molecule has 0 aliphatic heterocycles. The minimum Gasteiger partial charge on any atom is -0.229 e. The van der Waals surface area contributed by atoms with Crippen molar-refractivity contribution in [3.05, 3.63) is 43.0 Å². The lowest BCUT2D eigenvalue weighted by Gasteiger charge is -2.30. The van der Waals surface area contributed by atoms with Gasteiger partial charge in [0.2, 0.25) is 0 Å². The zero-order valence-corrected chi connectivity index (χ0v) is 17.5. The first-order chi connectivity index (χ1) is 12.0. The molecule has 9 heteroatoms. The average Bonchev–Trinajstić information content (AvgIpc) is 2.62. The molecule has 0 aliphatic carbocycles. The van der Waals surface area contributed by atoms with Gasteiger partial charge in [-0.2, -0.15) is 0 Å². The maximum absolute atomic E-state index is 13.2. The molecule has 0 saturated carbocycles. The van der Waals surface area contributed by atoms with Crippen molar-refractivity contribution in [2.24, 2.45) is 0 Å². The summed E-state index contributed by atoms with van der Waals surface area (Å²) in [5, 5.41) is 0. The van der Waals surface area contributed by atoms with E-state index in [0.717, 1.165) is 0 Å². The highest BCUT2D eigenvalue weighted by molar-refractivity contribution is 7.93. The van der Waals surface area contributed by atoms with Crippen LogP contribution < -0.4 is 0 Å². The van der Waals surface area contributed by atoms with Crippen molar-refractivity contribution in [3.63, 3.8) is 0 Å². The van der Waals surface area contributed by atoms with Crippen LogP contribution >= 0.6 is 0 Å². The summed E-state index contributed by atoms with van der Waals surface area (Å²) in [5.41, 5.74) is 0. The highest BCUT2D eigenvalue weighted by Gasteiger charge is 2.43. The van der Waals surface area contributed by atoms with Crippen LogP contribution in [0.25, 0.3) is 0 Å². The Morgan fingerprint density at radius 2 is 1.27 bits per heavy atom. The Hall–Kier alpha value is -1.19. The van der Waals surface area contributed by atoms with Gasteiger partial charge in [-0.1, -0.05) is 38.1 Å². The summed E-state index contributed by atoms with van der Waals surface area (Å²) in [7, 11) is -10.9. The molecule has 26 heavy (non-hydrogen) atoms. The van der Waals surface area contributed by atoms with Gasteiger partial charge in [0, 0.05) is 11.5 Å². The first kappa shape index (κ1) is 22.9. The van der Waals surface area contributed by atoms with E-state index in [0.29, 0.717) is 0 Å². The fraction of sp³-hybridized carbons (Fsp3) is 0.529. The largest absolute Gasteiger partial charge is 0.229 e. The lowest BCUT2D eigenvalue weighted by atomic mass is 10.0. The molecular weight excluding hydrogens is 396 g/mol. The molecule has 1 aromatic rings. The zero-order valence-electron chi connectivity index (χ0n) is 15.1. The Labute approximate surface area is 157 Å². The van der Waals surface area contributed by atoms with E-state index in [1.165, 1.54) is 32.1 Å². The smallest absolute Gasteiger partial charge is 0.187 e. The van der Waals surface area contributed by atoms with Crippen molar-refractivity contribution in [1.29, 1.82) is 0 Å². The summed E-state index contributed by atoms with van der Waals surface area (Å²) >= 11 is 0. The Balaban J connectivity index is 3.41. The van der Waals surface area contributed by atoms with Crippen molar-refractivity contribution in [1.82, 2.24) is 0 Å². The molecule has 0 fully saturated rings. The van der Waals surface area contributed by atoms with Gasteiger partial charge in [0.1, 0.15) is 19.7 Å². The molecule has 0 bridgehead atoms. The topological polar surface area (TPSA) is 102 Å². The number of benzene rings is 1. The third-order valence-corrected chi connectivity index (χ3v) is 10.5. The quantitative estimate of drug-likeness (QED) is 0.506. The van der Waals surface area contributed by atoms with Gasteiger partial charge in [-0.05, 0) is 25.0 Å². The third-order valence-electron chi connectivity index (χ3n) is 4.51. The van der Waals surface area contributed by atoms with Gasteiger partial charge in [0.05, 0.1) is 21.1 Å². The second-order valence-electron chi connectivity index (χ2n) is 6.06. The average molecular weight is 423 g/mol. The van der Waals surface area contributed by atoms with E-state index in [4.69, 9.17) is 0 Å². The van der Waals surface area contributed by atoms with Gasteiger partial charge in [-0.15, -0.1) is 6.58 Å². The zero-order chi connectivity index (χ0) is 20.1. The molecule has 1 aromatic carbocycles. The molecule has 0 spiro atoms. The summed E-state index contributed by atoms with van der Waals surface area (Å²) in [6.07, 6.45) is 0.720. The molecule has 0 atom stereocenters. The Kier molecular flexibility index (Phi) is 7.62. The third kappa shape index (κ3) is 5.40. The van der Waals surface area contributed by atoms with Gasteiger partial charge in [0.15, 0.2) is 9.84 Å². The van der Waals surface area contributed by atoms with Crippen LogP contribution in [0.4, 0.5) is 0 Å². The van der Waals surface area contributed by atoms with Crippen molar-refractivity contribution < 1.29 is 25.3 Å². The fourth-order valence-electron chi connectivity index (χ4n) is 2.49. The van der Waals surface area contributed by atoms with Crippen LogP contribution in [0, 0.1) is 0 Å². The number of hydrogen-bond donors (Lipinski definition) is 0. The van der Waals surface area contributed by atoms with Crippen molar-refractivity contribution >= 4 is 29.5 Å². The molecule has 0 unspecified atom stereocenters. The molecule has 0 aliphatic rings. The molecule has 6 nitrogen and oxygen atoms in total. The monoisotopic (exact) mass is 422 g/mol. The van der Waals surface area contributed by atoms with Crippen LogP contribution in [-0.2, 0) is 29.5 Å². The summed E-state index contributed by atoms with van der Waals surface area (Å²) in [6, 6.07) is 7.61. The normalized spacial score (nSPS) is 13.5.